The fourth-order valence-corrected chi connectivity index (χ4v) is 9.29. The molecule has 4 aromatic rings. The third-order valence-electron chi connectivity index (χ3n) is 14.2. The number of benzene rings is 4. The summed E-state index contributed by atoms with van der Waals surface area (Å²) < 4.78 is 22.3. The Morgan fingerprint density at radius 3 is 1.27 bits per heavy atom. The molecule has 1 aliphatic rings. The summed E-state index contributed by atoms with van der Waals surface area (Å²) in [5.74, 6) is 2.70. The molecule has 0 bridgehead atoms. The monoisotopic (exact) mass is 835 g/mol. The van der Waals surface area contributed by atoms with E-state index in [4.69, 9.17) is 13.6 Å². The highest BCUT2D eigenvalue weighted by Gasteiger charge is 2.39. The van der Waals surface area contributed by atoms with Crippen molar-refractivity contribution in [2.24, 2.45) is 0 Å². The summed E-state index contributed by atoms with van der Waals surface area (Å²) in [5.41, 5.74) is 12.1. The predicted molar refractivity (Wildman–Crippen MR) is 258 cm³/mol. The molecular formula is C55H79O4P. The van der Waals surface area contributed by atoms with Crippen molar-refractivity contribution in [3.05, 3.63) is 104 Å². The molecule has 0 saturated heterocycles. The lowest BCUT2D eigenvalue weighted by Crippen LogP contribution is -2.25. The predicted octanol–water partition coefficient (Wildman–Crippen LogP) is 16.7. The fraction of sp³-hybridized carbons (Fsp3) is 0.564. The molecule has 0 unspecified atom stereocenters. The number of phenols is 1. The Bertz CT molecular complexity index is 2140. The number of fused-ring (bicyclic) bond motifs is 2. The van der Waals surface area contributed by atoms with Gasteiger partial charge in [0.2, 0.25) is 0 Å². The highest BCUT2D eigenvalue weighted by atomic mass is 31.2. The van der Waals surface area contributed by atoms with Gasteiger partial charge in [-0.25, -0.2) is 0 Å². The molecule has 328 valence electrons. The van der Waals surface area contributed by atoms with Crippen molar-refractivity contribution in [2.75, 3.05) is 0 Å². The zero-order chi connectivity index (χ0) is 45.1. The quantitative estimate of drug-likeness (QED) is 0.153. The fourth-order valence-electron chi connectivity index (χ4n) is 8.10. The summed E-state index contributed by atoms with van der Waals surface area (Å²) in [4.78, 5) is 0. The second-order valence-electron chi connectivity index (χ2n) is 22.5. The van der Waals surface area contributed by atoms with E-state index in [1.807, 2.05) is 0 Å². The van der Waals surface area contributed by atoms with Crippen molar-refractivity contribution < 1.29 is 18.7 Å². The molecule has 0 amide bonds. The van der Waals surface area contributed by atoms with Crippen molar-refractivity contribution in [3.8, 4) is 34.1 Å². The topological polar surface area (TPSA) is 47.9 Å². The molecule has 5 heteroatoms. The Morgan fingerprint density at radius 1 is 0.500 bits per heavy atom. The van der Waals surface area contributed by atoms with E-state index in [0.717, 1.165) is 70.6 Å². The van der Waals surface area contributed by atoms with Crippen molar-refractivity contribution in [3.63, 3.8) is 0 Å². The molecule has 0 spiro atoms. The lowest BCUT2D eigenvalue weighted by Gasteiger charge is -2.36. The van der Waals surface area contributed by atoms with Gasteiger partial charge >= 0.3 is 8.60 Å². The van der Waals surface area contributed by atoms with Gasteiger partial charge in [-0.1, -0.05) is 161 Å². The molecule has 4 nitrogen and oxygen atoms in total. The van der Waals surface area contributed by atoms with Crippen LogP contribution in [-0.4, -0.2) is 5.11 Å². The first-order valence-corrected chi connectivity index (χ1v) is 23.8. The average Bonchev–Trinajstić information content (AvgIpc) is 3.14. The van der Waals surface area contributed by atoms with Crippen LogP contribution in [0.1, 0.15) is 206 Å². The molecule has 4 aromatic carbocycles. The first-order chi connectivity index (χ1) is 27.5. The normalized spacial score (nSPS) is 14.5. The molecule has 0 aliphatic carbocycles. The Morgan fingerprint density at radius 2 is 0.883 bits per heavy atom. The number of aryl methyl sites for hydroxylation is 2. The number of rotatable bonds is 11. The highest BCUT2D eigenvalue weighted by molar-refractivity contribution is 7.43. The van der Waals surface area contributed by atoms with Crippen LogP contribution < -0.4 is 13.6 Å². The first-order valence-electron chi connectivity index (χ1n) is 22.7. The zero-order valence-electron chi connectivity index (χ0n) is 41.3. The van der Waals surface area contributed by atoms with Crippen molar-refractivity contribution >= 4 is 8.60 Å². The van der Waals surface area contributed by atoms with E-state index in [1.165, 1.54) is 33.4 Å². The van der Waals surface area contributed by atoms with Gasteiger partial charge in [0, 0.05) is 39.8 Å². The van der Waals surface area contributed by atoms with Crippen LogP contribution in [0.2, 0.25) is 0 Å². The maximum Gasteiger partial charge on any atom is 0.530 e. The molecule has 0 saturated carbocycles. The van der Waals surface area contributed by atoms with Crippen molar-refractivity contribution in [1.29, 1.82) is 0 Å². The minimum Gasteiger partial charge on any atom is -0.507 e. The van der Waals surface area contributed by atoms with Gasteiger partial charge in [0.05, 0.1) is 0 Å². The van der Waals surface area contributed by atoms with Gasteiger partial charge in [-0.05, 0) is 118 Å². The molecule has 0 fully saturated rings. The van der Waals surface area contributed by atoms with Gasteiger partial charge in [0.1, 0.15) is 23.0 Å². The van der Waals surface area contributed by atoms with Gasteiger partial charge in [-0.2, -0.15) is 0 Å². The Labute approximate surface area is 367 Å². The minimum atomic E-state index is -2.09. The largest absolute Gasteiger partial charge is 0.530 e. The number of hydrogen-bond donors (Lipinski definition) is 1. The molecule has 0 aromatic heterocycles. The minimum absolute atomic E-state index is 0.0297. The number of hydrogen-bond acceptors (Lipinski definition) is 4. The summed E-state index contributed by atoms with van der Waals surface area (Å²) in [5, 5.41) is 12.2. The van der Waals surface area contributed by atoms with E-state index < -0.39 is 8.60 Å². The van der Waals surface area contributed by atoms with Crippen LogP contribution in [0, 0.1) is 13.8 Å². The number of phenolic OH excluding ortho intramolecular Hbond substituents is 1. The second kappa shape index (κ2) is 16.7. The Hall–Kier alpha value is -3.49. The molecule has 0 radical (unpaired) electrons. The summed E-state index contributed by atoms with van der Waals surface area (Å²) >= 11 is 0. The third kappa shape index (κ3) is 9.45. The van der Waals surface area contributed by atoms with Gasteiger partial charge < -0.3 is 18.7 Å². The van der Waals surface area contributed by atoms with Crippen LogP contribution in [-0.2, 0) is 38.9 Å². The lowest BCUT2D eigenvalue weighted by molar-refractivity contribution is 0.360. The van der Waals surface area contributed by atoms with Crippen LogP contribution in [0.4, 0.5) is 0 Å². The molecule has 0 atom stereocenters. The van der Waals surface area contributed by atoms with Gasteiger partial charge in [-0.3, -0.25) is 0 Å². The standard InChI is InChI=1S/C55H79O4P/c1-21-52(13,14)38-30-36-29-37-31-39(53(15,16)22-2)33-45(55(19,20)24-4)48(37)58-60(57-47(36)44(32-38)54(17,18)23-3)59-49-41(26-35(6)28-43(49)51(10,11)12)40-25-34(5)27-42(46(40)56)50(7,8)9/h25-28,30-33,56H,21-24,29H2,1-20H3. The second-order valence-corrected chi connectivity index (χ2v) is 23.5. The SMILES string of the molecule is CCC(C)(C)c1cc2c(c(C(C)(C)CC)c1)OP(Oc1c(-c3cc(C)cc(C(C)(C)C)c3O)cc(C)cc1C(C)(C)C)Oc1c(cc(C(C)(C)CC)cc1C(C)(C)CC)C2. The van der Waals surface area contributed by atoms with Gasteiger partial charge in [0.25, 0.3) is 0 Å². The molecule has 5 rings (SSSR count). The lowest BCUT2D eigenvalue weighted by atomic mass is 9.73. The van der Waals surface area contributed by atoms with E-state index in [0.29, 0.717) is 12.2 Å². The van der Waals surface area contributed by atoms with E-state index in [-0.39, 0.29) is 38.2 Å². The van der Waals surface area contributed by atoms with Crippen molar-refractivity contribution in [1.82, 2.24) is 0 Å². The third-order valence-corrected chi connectivity index (χ3v) is 15.2. The van der Waals surface area contributed by atoms with E-state index in [2.05, 4.69) is 187 Å². The summed E-state index contributed by atoms with van der Waals surface area (Å²) in [6.45, 7) is 45.2. The van der Waals surface area contributed by atoms with Crippen LogP contribution >= 0.6 is 8.60 Å². The molecule has 1 aliphatic heterocycles. The molecular weight excluding hydrogens is 756 g/mol. The molecule has 60 heavy (non-hydrogen) atoms. The van der Waals surface area contributed by atoms with E-state index in [1.54, 1.807) is 0 Å². The van der Waals surface area contributed by atoms with E-state index >= 15 is 0 Å². The first kappa shape index (κ1) is 47.6. The highest BCUT2D eigenvalue weighted by Crippen LogP contribution is 2.57. The summed E-state index contributed by atoms with van der Waals surface area (Å²) in [6, 6.07) is 18.2. The Kier molecular flexibility index (Phi) is 13.2. The maximum absolute atomic E-state index is 12.2. The van der Waals surface area contributed by atoms with Crippen LogP contribution in [0.5, 0.6) is 23.0 Å². The van der Waals surface area contributed by atoms with Crippen LogP contribution in [0.3, 0.4) is 0 Å². The number of aromatic hydroxyl groups is 1. The van der Waals surface area contributed by atoms with Gasteiger partial charge in [-0.15, -0.1) is 0 Å². The van der Waals surface area contributed by atoms with E-state index in [9.17, 15) is 5.11 Å². The zero-order valence-corrected chi connectivity index (χ0v) is 42.2. The maximum atomic E-state index is 12.2. The molecule has 1 N–H and O–H groups in total. The van der Waals surface area contributed by atoms with Crippen LogP contribution in [0.25, 0.3) is 11.1 Å². The molecule has 1 heterocycles. The smallest absolute Gasteiger partial charge is 0.507 e. The Balaban J connectivity index is 1.93. The van der Waals surface area contributed by atoms with Crippen LogP contribution in [0.15, 0.2) is 48.5 Å². The van der Waals surface area contributed by atoms with Crippen molar-refractivity contribution in [2.45, 2.75) is 203 Å². The average molecular weight is 835 g/mol. The summed E-state index contributed by atoms with van der Waals surface area (Å²) in [7, 11) is -2.09. The summed E-state index contributed by atoms with van der Waals surface area (Å²) in [6.07, 6.45) is 4.61. The van der Waals surface area contributed by atoms with Gasteiger partial charge in [0.15, 0.2) is 0 Å².